The SMILES string of the molecule is O=S(=O)(CS(=O)(=O)C(F)(F)C(F)(F)C(F)(F)C(F)(F)F)C(F)(F)C(F)(F)C(F)(F)C(F)(F)F.[LiH]. The van der Waals surface area contributed by atoms with Crippen molar-refractivity contribution >= 4 is 38.5 Å². The van der Waals surface area contributed by atoms with Crippen LogP contribution in [0, 0.1) is 0 Å². The van der Waals surface area contributed by atoms with Gasteiger partial charge in [-0.3, -0.25) is 0 Å². The summed E-state index contributed by atoms with van der Waals surface area (Å²) in [6, 6.07) is 0. The first kappa shape index (κ1) is 35.4. The van der Waals surface area contributed by atoms with Crippen molar-refractivity contribution in [3.8, 4) is 0 Å². The summed E-state index contributed by atoms with van der Waals surface area (Å²) in [5.41, 5.74) is 0. The van der Waals surface area contributed by atoms with E-state index in [-0.39, 0.29) is 18.9 Å². The summed E-state index contributed by atoms with van der Waals surface area (Å²) in [4.78, 5) is 0. The van der Waals surface area contributed by atoms with Gasteiger partial charge in [-0.1, -0.05) is 0 Å². The topological polar surface area (TPSA) is 68.3 Å². The maximum atomic E-state index is 13.3. The van der Waals surface area contributed by atoms with Crippen LogP contribution in [0.3, 0.4) is 0 Å². The van der Waals surface area contributed by atoms with Gasteiger partial charge in [0.25, 0.3) is 0 Å². The van der Waals surface area contributed by atoms with Gasteiger partial charge in [-0.25, -0.2) is 16.8 Å². The van der Waals surface area contributed by atoms with Crippen molar-refractivity contribution in [3.63, 3.8) is 0 Å². The van der Waals surface area contributed by atoms with Gasteiger partial charge in [-0.15, -0.1) is 0 Å². The van der Waals surface area contributed by atoms with E-state index >= 15 is 0 Å². The van der Waals surface area contributed by atoms with Gasteiger partial charge in [0, 0.05) is 0 Å². The van der Waals surface area contributed by atoms with E-state index in [1.54, 1.807) is 0 Å². The molecule has 0 aliphatic heterocycles. The van der Waals surface area contributed by atoms with Crippen LogP contribution in [0.25, 0.3) is 0 Å². The molecule has 0 rings (SSSR count). The zero-order valence-electron chi connectivity index (χ0n) is 14.0. The Morgan fingerprint density at radius 1 is 0.382 bits per heavy atom. The monoisotopic (exact) mass is 588 g/mol. The fraction of sp³-hybridized carbons (Fsp3) is 1.00. The number of hydrogen-bond acceptors (Lipinski definition) is 4. The van der Waals surface area contributed by atoms with E-state index < -0.39 is 71.3 Å². The molecule has 34 heavy (non-hydrogen) atoms. The van der Waals surface area contributed by atoms with Gasteiger partial charge in [0.1, 0.15) is 0 Å². The molecule has 0 aliphatic carbocycles. The second-order valence-electron chi connectivity index (χ2n) is 5.67. The molecule has 0 amide bonds. The van der Waals surface area contributed by atoms with Gasteiger partial charge < -0.3 is 0 Å². The van der Waals surface area contributed by atoms with Crippen LogP contribution < -0.4 is 0 Å². The van der Waals surface area contributed by atoms with Gasteiger partial charge in [0.2, 0.25) is 19.7 Å². The van der Waals surface area contributed by atoms with Crippen molar-refractivity contribution in [2.75, 3.05) is 5.08 Å². The van der Waals surface area contributed by atoms with Crippen LogP contribution in [-0.2, 0) is 19.7 Å². The standard InChI is InChI=1S/C9H2F18O4S2.Li.H/c10-2(11,6(18,19)20)4(14,15)8(24,25)32(28,29)1-33(30,31)9(26,27)5(16,17)3(12,13)7(21,22)23;;/h1H2;;. The van der Waals surface area contributed by atoms with Crippen LogP contribution in [0.1, 0.15) is 0 Å². The van der Waals surface area contributed by atoms with Crippen molar-refractivity contribution in [1.29, 1.82) is 0 Å². The van der Waals surface area contributed by atoms with Crippen LogP contribution in [0.5, 0.6) is 0 Å². The molecule has 0 saturated carbocycles. The molecular weight excluding hydrogens is 585 g/mol. The molecule has 0 aromatic rings. The second-order valence-corrected chi connectivity index (χ2v) is 10.1. The number of alkyl halides is 18. The summed E-state index contributed by atoms with van der Waals surface area (Å²) >= 11 is 0. The molecule has 202 valence electrons. The minimum atomic E-state index is -8.43. The third-order valence-electron chi connectivity index (χ3n) is 3.32. The second kappa shape index (κ2) is 8.67. The zero-order valence-corrected chi connectivity index (χ0v) is 15.6. The van der Waals surface area contributed by atoms with Gasteiger partial charge in [0.05, 0.1) is 0 Å². The molecule has 0 saturated heterocycles. The Bertz CT molecular complexity index is 882. The molecule has 25 heteroatoms. The molecular formula is C9H3F18LiO4S2. The molecule has 0 N–H and O–H groups in total. The summed E-state index contributed by atoms with van der Waals surface area (Å²) in [5, 5.41) is -20.8. The van der Waals surface area contributed by atoms with Crippen LogP contribution in [0.15, 0.2) is 0 Å². The summed E-state index contributed by atoms with van der Waals surface area (Å²) in [6.07, 6.45) is -15.5. The van der Waals surface area contributed by atoms with Crippen molar-refractivity contribution in [3.05, 3.63) is 0 Å². The normalized spacial score (nSPS) is 16.3. The zero-order chi connectivity index (χ0) is 27.7. The van der Waals surface area contributed by atoms with Crippen LogP contribution in [-0.4, -0.2) is 87.3 Å². The summed E-state index contributed by atoms with van der Waals surface area (Å²) < 4.78 is 271. The van der Waals surface area contributed by atoms with Gasteiger partial charge >= 0.3 is 65.4 Å². The molecule has 0 aromatic heterocycles. The first-order valence-corrected chi connectivity index (χ1v) is 9.86. The van der Waals surface area contributed by atoms with Crippen LogP contribution in [0.2, 0.25) is 0 Å². The van der Waals surface area contributed by atoms with Crippen LogP contribution in [0.4, 0.5) is 79.0 Å². The fourth-order valence-electron chi connectivity index (χ4n) is 1.46. The quantitative estimate of drug-likeness (QED) is 0.318. The van der Waals surface area contributed by atoms with Crippen molar-refractivity contribution in [1.82, 2.24) is 0 Å². The summed E-state index contributed by atoms with van der Waals surface area (Å²) in [5.74, 6) is -32.6. The Labute approximate surface area is 186 Å². The molecule has 0 atom stereocenters. The van der Waals surface area contributed by atoms with E-state index in [1.807, 2.05) is 0 Å². The molecule has 0 spiro atoms. The average molecular weight is 588 g/mol. The molecule has 0 heterocycles. The van der Waals surface area contributed by atoms with Gasteiger partial charge in [0.15, 0.2) is 5.08 Å². The first-order valence-electron chi connectivity index (χ1n) is 6.55. The van der Waals surface area contributed by atoms with E-state index in [4.69, 9.17) is 0 Å². The molecule has 0 aliphatic rings. The van der Waals surface area contributed by atoms with Crippen molar-refractivity contribution < 1.29 is 95.9 Å². The summed E-state index contributed by atoms with van der Waals surface area (Å²) in [6.45, 7) is 0. The fourth-order valence-corrected chi connectivity index (χ4v) is 5.32. The van der Waals surface area contributed by atoms with Crippen molar-refractivity contribution in [2.45, 2.75) is 46.6 Å². The van der Waals surface area contributed by atoms with E-state index in [2.05, 4.69) is 0 Å². The molecule has 0 aromatic carbocycles. The van der Waals surface area contributed by atoms with E-state index in [0.29, 0.717) is 0 Å². The number of sulfone groups is 2. The molecule has 4 nitrogen and oxygen atoms in total. The van der Waals surface area contributed by atoms with E-state index in [1.165, 1.54) is 0 Å². The third kappa shape index (κ3) is 4.79. The number of rotatable bonds is 8. The number of halogens is 18. The van der Waals surface area contributed by atoms with Gasteiger partial charge in [-0.05, 0) is 0 Å². The molecule has 0 bridgehead atoms. The Hall–Kier alpha value is -0.763. The Kier molecular flexibility index (Phi) is 9.03. The predicted molar refractivity (Wildman–Crippen MR) is 71.6 cm³/mol. The van der Waals surface area contributed by atoms with E-state index in [0.717, 1.165) is 0 Å². The molecule has 0 radical (unpaired) electrons. The third-order valence-corrected chi connectivity index (χ3v) is 7.88. The Morgan fingerprint density at radius 2 is 0.559 bits per heavy atom. The average Bonchev–Trinajstić information content (AvgIpc) is 2.50. The summed E-state index contributed by atoms with van der Waals surface area (Å²) in [7, 11) is -16.9. The van der Waals surface area contributed by atoms with Crippen LogP contribution >= 0.6 is 0 Å². The minimum absolute atomic E-state index is 0. The Balaban J connectivity index is 0. The van der Waals surface area contributed by atoms with E-state index in [9.17, 15) is 95.9 Å². The number of hydrogen-bond donors (Lipinski definition) is 0. The van der Waals surface area contributed by atoms with Gasteiger partial charge in [-0.2, -0.15) is 79.0 Å². The molecule has 0 unspecified atom stereocenters. The first-order chi connectivity index (χ1) is 13.7. The predicted octanol–water partition coefficient (Wildman–Crippen LogP) is 3.98. The maximum absolute atomic E-state index is 13.3. The molecule has 0 fully saturated rings. The van der Waals surface area contributed by atoms with Crippen molar-refractivity contribution in [2.24, 2.45) is 0 Å². The Morgan fingerprint density at radius 3 is 0.706 bits per heavy atom.